The van der Waals surface area contributed by atoms with Gasteiger partial charge >= 0.3 is 0 Å². The van der Waals surface area contributed by atoms with Gasteiger partial charge in [-0.2, -0.15) is 0 Å². The maximum atomic E-state index is 12.8. The van der Waals surface area contributed by atoms with Crippen LogP contribution in [0, 0.1) is 0 Å². The molecule has 0 radical (unpaired) electrons. The van der Waals surface area contributed by atoms with E-state index in [1.807, 2.05) is 23.6 Å². The predicted octanol–water partition coefficient (Wildman–Crippen LogP) is 5.59. The van der Waals surface area contributed by atoms with Crippen LogP contribution < -0.4 is 10.6 Å². The monoisotopic (exact) mass is 687 g/mol. The zero-order valence-electron chi connectivity index (χ0n) is 23.3. The molecule has 3 N–H and O–H groups in total. The highest BCUT2D eigenvalue weighted by Crippen LogP contribution is 2.26. The maximum Gasteiger partial charge on any atom is 0.233 e. The summed E-state index contributed by atoms with van der Waals surface area (Å²) >= 11 is 4.67. The summed E-state index contributed by atoms with van der Waals surface area (Å²) in [6.07, 6.45) is 0.180. The fourth-order valence-electron chi connectivity index (χ4n) is 4.07. The van der Waals surface area contributed by atoms with Crippen LogP contribution in [-0.2, 0) is 30.0 Å². The second-order valence-electron chi connectivity index (χ2n) is 9.47. The summed E-state index contributed by atoms with van der Waals surface area (Å²) in [4.78, 5) is 44.2. The predicted molar refractivity (Wildman–Crippen MR) is 171 cm³/mol. The van der Waals surface area contributed by atoms with Crippen LogP contribution in [-0.4, -0.2) is 53.8 Å². The van der Waals surface area contributed by atoms with Gasteiger partial charge in [0.1, 0.15) is 0 Å². The van der Waals surface area contributed by atoms with Gasteiger partial charge in [0.25, 0.3) is 0 Å². The molecule has 0 saturated heterocycles. The highest BCUT2D eigenvalue weighted by molar-refractivity contribution is 9.09. The standard InChI is InChI=1S/C20H20N2O5S2.C10H10BrNO2/c1-14(24)21-18-5-3-16(4-6-18)19(22(25)13-23)12-29(26,27)11-15-2-7-20-17(10-15)8-9-28-20;1-7(13)12-9-4-2-8(3-5-9)10(14)6-11/h2-10,13,19,25H,11-12H2,1H3,(H,21,24);2-5H,6H2,1H3,(H,12,13)/t19-;/m1./s1. The molecule has 10 nitrogen and oxygen atoms in total. The van der Waals surface area contributed by atoms with Crippen LogP contribution in [0.2, 0.25) is 0 Å². The third-order valence-corrected chi connectivity index (χ3v) is 9.01. The smallest absolute Gasteiger partial charge is 0.233 e. The molecule has 226 valence electrons. The Balaban J connectivity index is 0.000000303. The molecule has 0 aliphatic rings. The lowest BCUT2D eigenvalue weighted by Crippen LogP contribution is -2.30. The Morgan fingerprint density at radius 3 is 2.05 bits per heavy atom. The molecule has 4 aromatic rings. The Kier molecular flexibility index (Phi) is 12.1. The van der Waals surface area contributed by atoms with Crippen molar-refractivity contribution >= 4 is 82.6 Å². The maximum absolute atomic E-state index is 12.8. The van der Waals surface area contributed by atoms with Crippen LogP contribution in [0.15, 0.2) is 78.2 Å². The van der Waals surface area contributed by atoms with Crippen LogP contribution in [0.4, 0.5) is 11.4 Å². The average Bonchev–Trinajstić information content (AvgIpc) is 3.43. The van der Waals surface area contributed by atoms with E-state index in [9.17, 15) is 32.8 Å². The molecule has 4 rings (SSSR count). The zero-order valence-corrected chi connectivity index (χ0v) is 26.5. The van der Waals surface area contributed by atoms with Gasteiger partial charge in [-0.15, -0.1) is 11.3 Å². The number of thiophene rings is 1. The summed E-state index contributed by atoms with van der Waals surface area (Å²) in [5, 5.41) is 18.8. The molecular weight excluding hydrogens is 658 g/mol. The molecule has 0 spiro atoms. The van der Waals surface area contributed by atoms with Crippen molar-refractivity contribution in [1.29, 1.82) is 0 Å². The molecule has 3 amide bonds. The molecule has 1 atom stereocenters. The van der Waals surface area contributed by atoms with Crippen molar-refractivity contribution in [2.45, 2.75) is 25.6 Å². The lowest BCUT2D eigenvalue weighted by Gasteiger charge is -2.23. The van der Waals surface area contributed by atoms with Crippen LogP contribution in [0.25, 0.3) is 10.1 Å². The SMILES string of the molecule is CC(=O)Nc1ccc(C(=O)CBr)cc1.CC(=O)Nc1ccc([C@@H](CS(=O)(=O)Cc2ccc3sccc3c2)N(O)C=O)cc1. The van der Waals surface area contributed by atoms with Gasteiger partial charge in [0.05, 0.1) is 22.9 Å². The minimum absolute atomic E-state index is 0.0272. The molecule has 1 heterocycles. The number of rotatable bonds is 11. The minimum atomic E-state index is -3.64. The molecule has 13 heteroatoms. The number of Topliss-reactive ketones (excluding diaryl/α,β-unsaturated/α-hetero) is 1. The van der Waals surface area contributed by atoms with Gasteiger partial charge < -0.3 is 10.6 Å². The summed E-state index contributed by atoms with van der Waals surface area (Å²) in [6, 6.07) is 19.4. The third-order valence-electron chi connectivity index (χ3n) is 6.01. The number of amides is 3. The number of hydroxylamine groups is 2. The van der Waals surface area contributed by atoms with Crippen molar-refractivity contribution in [2.24, 2.45) is 0 Å². The topological polar surface area (TPSA) is 150 Å². The summed E-state index contributed by atoms with van der Waals surface area (Å²) in [5.74, 6) is -0.977. The first-order valence-corrected chi connectivity index (χ1v) is 16.7. The molecular formula is C30H30BrN3O7S2. The first kappa shape index (κ1) is 33.6. The van der Waals surface area contributed by atoms with Crippen LogP contribution in [0.1, 0.15) is 41.4 Å². The second-order valence-corrected chi connectivity index (χ2v) is 13.1. The summed E-state index contributed by atoms with van der Waals surface area (Å²) < 4.78 is 26.6. The van der Waals surface area contributed by atoms with Crippen LogP contribution in [0.5, 0.6) is 0 Å². The first-order chi connectivity index (χ1) is 20.4. The number of benzene rings is 3. The van der Waals surface area contributed by atoms with Gasteiger partial charge in [-0.05, 0) is 76.5 Å². The number of hydrogen-bond acceptors (Lipinski definition) is 8. The fourth-order valence-corrected chi connectivity index (χ4v) is 6.80. The number of nitrogens with one attached hydrogen (secondary N) is 2. The molecule has 3 aromatic carbocycles. The van der Waals surface area contributed by atoms with Crippen molar-refractivity contribution < 1.29 is 32.8 Å². The summed E-state index contributed by atoms with van der Waals surface area (Å²) in [6.45, 7) is 2.82. The van der Waals surface area contributed by atoms with Crippen LogP contribution in [0.3, 0.4) is 0 Å². The Labute approximate surface area is 261 Å². The number of anilines is 2. The molecule has 0 bridgehead atoms. The quantitative estimate of drug-likeness (QED) is 0.0612. The number of sulfone groups is 1. The highest BCUT2D eigenvalue weighted by atomic mass is 79.9. The van der Waals surface area contributed by atoms with Crippen molar-refractivity contribution in [1.82, 2.24) is 5.06 Å². The molecule has 0 aliphatic heterocycles. The third kappa shape index (κ3) is 10.4. The molecule has 1 aromatic heterocycles. The first-order valence-electron chi connectivity index (χ1n) is 12.8. The normalized spacial score (nSPS) is 11.5. The van der Waals surface area contributed by atoms with Crippen molar-refractivity contribution in [2.75, 3.05) is 21.7 Å². The van der Waals surface area contributed by atoms with E-state index in [4.69, 9.17) is 0 Å². The Hall–Kier alpha value is -3.91. The zero-order chi connectivity index (χ0) is 31.6. The van der Waals surface area contributed by atoms with Gasteiger partial charge in [-0.25, -0.2) is 13.5 Å². The van der Waals surface area contributed by atoms with E-state index >= 15 is 0 Å². The minimum Gasteiger partial charge on any atom is -0.326 e. The number of hydrogen-bond donors (Lipinski definition) is 3. The highest BCUT2D eigenvalue weighted by Gasteiger charge is 2.26. The average molecular weight is 689 g/mol. The van der Waals surface area contributed by atoms with Crippen molar-refractivity contribution in [3.05, 3.63) is 94.9 Å². The van der Waals surface area contributed by atoms with E-state index in [-0.39, 0.29) is 29.8 Å². The van der Waals surface area contributed by atoms with Gasteiger partial charge in [0, 0.05) is 35.5 Å². The largest absolute Gasteiger partial charge is 0.326 e. The van der Waals surface area contributed by atoms with Gasteiger partial charge in [-0.3, -0.25) is 24.4 Å². The Bertz CT molecular complexity index is 1690. The number of ketones is 1. The molecule has 0 saturated carbocycles. The van der Waals surface area contributed by atoms with E-state index in [0.29, 0.717) is 38.5 Å². The molecule has 43 heavy (non-hydrogen) atoms. The fraction of sp³-hybridized carbons (Fsp3) is 0.200. The van der Waals surface area contributed by atoms with Gasteiger partial charge in [0.2, 0.25) is 18.2 Å². The number of fused-ring (bicyclic) bond motifs is 1. The van der Waals surface area contributed by atoms with Gasteiger partial charge in [0.15, 0.2) is 15.6 Å². The summed E-state index contributed by atoms with van der Waals surface area (Å²) in [5.41, 5.74) is 2.94. The van der Waals surface area contributed by atoms with Gasteiger partial charge in [-0.1, -0.05) is 34.1 Å². The Morgan fingerprint density at radius 2 is 1.51 bits per heavy atom. The summed E-state index contributed by atoms with van der Waals surface area (Å²) in [7, 11) is -3.64. The van der Waals surface area contributed by atoms with Crippen molar-refractivity contribution in [3.63, 3.8) is 0 Å². The molecule has 0 unspecified atom stereocenters. The lowest BCUT2D eigenvalue weighted by molar-refractivity contribution is -0.158. The van der Waals surface area contributed by atoms with Crippen molar-refractivity contribution in [3.8, 4) is 0 Å². The molecule has 0 fully saturated rings. The number of alkyl halides is 1. The second kappa shape index (κ2) is 15.5. The van der Waals surface area contributed by atoms with E-state index in [0.717, 1.165) is 10.1 Å². The van der Waals surface area contributed by atoms with E-state index in [1.54, 1.807) is 65.9 Å². The van der Waals surface area contributed by atoms with E-state index in [1.165, 1.54) is 13.8 Å². The number of nitrogens with zero attached hydrogens (tertiary/aromatic N) is 1. The number of carbonyl (C=O) groups is 4. The van der Waals surface area contributed by atoms with E-state index < -0.39 is 21.6 Å². The number of carbonyl (C=O) groups excluding carboxylic acids is 4. The number of halogens is 1. The van der Waals surface area contributed by atoms with E-state index in [2.05, 4.69) is 26.6 Å². The lowest BCUT2D eigenvalue weighted by atomic mass is 10.1. The molecule has 0 aliphatic carbocycles. The van der Waals surface area contributed by atoms with Crippen LogP contribution >= 0.6 is 27.3 Å². The Morgan fingerprint density at radius 1 is 0.930 bits per heavy atom.